The quantitative estimate of drug-likeness (QED) is 0.865. The van der Waals surface area contributed by atoms with E-state index in [1.54, 1.807) is 0 Å². The van der Waals surface area contributed by atoms with Crippen molar-refractivity contribution in [3.05, 3.63) is 41.2 Å². The van der Waals surface area contributed by atoms with Gasteiger partial charge in [-0.2, -0.15) is 0 Å². The smallest absolute Gasteiger partial charge is 0.145 e. The summed E-state index contributed by atoms with van der Waals surface area (Å²) in [6.45, 7) is 2.74. The van der Waals surface area contributed by atoms with E-state index in [0.717, 1.165) is 29.9 Å². The molecule has 0 spiro atoms. The zero-order chi connectivity index (χ0) is 16.5. The van der Waals surface area contributed by atoms with Gasteiger partial charge in [-0.25, -0.2) is 0 Å². The molecule has 4 heteroatoms. The van der Waals surface area contributed by atoms with Crippen LogP contribution in [0.2, 0.25) is 0 Å². The lowest BCUT2D eigenvalue weighted by Gasteiger charge is -2.13. The lowest BCUT2D eigenvalue weighted by atomic mass is 10.0. The summed E-state index contributed by atoms with van der Waals surface area (Å²) in [5, 5.41) is 7.78. The minimum atomic E-state index is 0.342. The molecule has 0 amide bonds. The van der Waals surface area contributed by atoms with Gasteiger partial charge in [-0.3, -0.25) is 0 Å². The summed E-state index contributed by atoms with van der Waals surface area (Å²) in [5.74, 6) is 1.60. The Balaban J connectivity index is 1.57. The summed E-state index contributed by atoms with van der Waals surface area (Å²) >= 11 is 0. The molecular formula is C20H26N2O2. The van der Waals surface area contributed by atoms with Crippen LogP contribution < -0.4 is 5.32 Å². The fraction of sp³-hybridized carbons (Fsp3) is 0.550. The fourth-order valence-electron chi connectivity index (χ4n) is 3.73. The standard InChI is InChI=1S/C20H26N2O2/c1-13-5-3-4-6-17(13)19-18(20(24-22-19)14-7-8-14)12-23-16-10-9-15(11-16)21-2/h3-6,14-16,21H,7-12H2,1-2H3/t15-,16+/m1/s1. The molecule has 0 saturated heterocycles. The summed E-state index contributed by atoms with van der Waals surface area (Å²) in [5.41, 5.74) is 4.52. The van der Waals surface area contributed by atoms with Crippen molar-refractivity contribution in [3.63, 3.8) is 0 Å². The number of hydrogen-bond donors (Lipinski definition) is 1. The molecule has 2 aliphatic carbocycles. The van der Waals surface area contributed by atoms with E-state index in [1.807, 2.05) is 7.05 Å². The predicted molar refractivity (Wildman–Crippen MR) is 93.9 cm³/mol. The largest absolute Gasteiger partial charge is 0.373 e. The lowest BCUT2D eigenvalue weighted by molar-refractivity contribution is 0.0437. The molecule has 24 heavy (non-hydrogen) atoms. The minimum absolute atomic E-state index is 0.342. The average Bonchev–Trinajstić information content (AvgIpc) is 3.19. The van der Waals surface area contributed by atoms with Gasteiger partial charge in [0.1, 0.15) is 11.5 Å². The van der Waals surface area contributed by atoms with Crippen LogP contribution in [0.5, 0.6) is 0 Å². The second-order valence-corrected chi connectivity index (χ2v) is 7.19. The molecule has 1 N–H and O–H groups in total. The van der Waals surface area contributed by atoms with Gasteiger partial charge in [0, 0.05) is 23.1 Å². The summed E-state index contributed by atoms with van der Waals surface area (Å²) in [7, 11) is 2.04. The summed E-state index contributed by atoms with van der Waals surface area (Å²) in [6, 6.07) is 8.97. The molecule has 1 heterocycles. The highest BCUT2D eigenvalue weighted by molar-refractivity contribution is 5.67. The van der Waals surface area contributed by atoms with Gasteiger partial charge in [0.2, 0.25) is 0 Å². The molecule has 4 nitrogen and oxygen atoms in total. The number of rotatable bonds is 6. The van der Waals surface area contributed by atoms with Crippen molar-refractivity contribution in [2.45, 2.75) is 63.7 Å². The van der Waals surface area contributed by atoms with Gasteiger partial charge in [-0.05, 0) is 51.6 Å². The van der Waals surface area contributed by atoms with Gasteiger partial charge in [0.05, 0.1) is 12.7 Å². The number of aromatic nitrogens is 1. The van der Waals surface area contributed by atoms with Crippen LogP contribution in [0.25, 0.3) is 11.3 Å². The van der Waals surface area contributed by atoms with E-state index in [0.29, 0.717) is 24.7 Å². The Labute approximate surface area is 143 Å². The number of benzene rings is 1. The molecule has 1 aromatic heterocycles. The highest BCUT2D eigenvalue weighted by atomic mass is 16.5. The van der Waals surface area contributed by atoms with Crippen LogP contribution in [0.15, 0.2) is 28.8 Å². The fourth-order valence-corrected chi connectivity index (χ4v) is 3.73. The number of nitrogens with zero attached hydrogens (tertiary/aromatic N) is 1. The van der Waals surface area contributed by atoms with Gasteiger partial charge in [0.15, 0.2) is 0 Å². The van der Waals surface area contributed by atoms with Crippen LogP contribution in [-0.4, -0.2) is 24.4 Å². The average molecular weight is 326 g/mol. The topological polar surface area (TPSA) is 47.3 Å². The van der Waals surface area contributed by atoms with Crippen LogP contribution >= 0.6 is 0 Å². The number of hydrogen-bond acceptors (Lipinski definition) is 4. The normalized spacial score (nSPS) is 23.8. The maximum atomic E-state index is 6.26. The van der Waals surface area contributed by atoms with Gasteiger partial charge in [-0.1, -0.05) is 29.4 Å². The summed E-state index contributed by atoms with van der Waals surface area (Å²) in [6.07, 6.45) is 6.19. The van der Waals surface area contributed by atoms with Crippen molar-refractivity contribution < 1.29 is 9.26 Å². The first kappa shape index (κ1) is 15.9. The van der Waals surface area contributed by atoms with Crippen molar-refractivity contribution in [1.29, 1.82) is 0 Å². The molecule has 2 atom stereocenters. The molecule has 2 saturated carbocycles. The zero-order valence-electron chi connectivity index (χ0n) is 14.5. The van der Waals surface area contributed by atoms with E-state index >= 15 is 0 Å². The molecule has 2 aromatic rings. The van der Waals surface area contributed by atoms with Crippen molar-refractivity contribution >= 4 is 0 Å². The SMILES string of the molecule is CN[C@@H]1CC[C@H](OCc2c(-c3ccccc3C)noc2C2CC2)C1. The maximum Gasteiger partial charge on any atom is 0.145 e. The number of nitrogens with one attached hydrogen (secondary N) is 1. The van der Waals surface area contributed by atoms with Gasteiger partial charge >= 0.3 is 0 Å². The molecule has 2 fully saturated rings. The Kier molecular flexibility index (Phi) is 4.42. The highest BCUT2D eigenvalue weighted by Crippen LogP contribution is 2.44. The molecule has 0 radical (unpaired) electrons. The van der Waals surface area contributed by atoms with Crippen molar-refractivity contribution in [2.75, 3.05) is 7.05 Å². The zero-order valence-corrected chi connectivity index (χ0v) is 14.5. The third-order valence-corrected chi connectivity index (χ3v) is 5.42. The Bertz CT molecular complexity index is 705. The van der Waals surface area contributed by atoms with Gasteiger partial charge < -0.3 is 14.6 Å². The van der Waals surface area contributed by atoms with E-state index < -0.39 is 0 Å². The molecule has 0 aliphatic heterocycles. The number of aryl methyl sites for hydroxylation is 1. The van der Waals surface area contributed by atoms with Crippen molar-refractivity contribution in [2.24, 2.45) is 0 Å². The third kappa shape index (κ3) is 3.13. The van der Waals surface area contributed by atoms with Crippen LogP contribution in [0.3, 0.4) is 0 Å². The second-order valence-electron chi connectivity index (χ2n) is 7.19. The Morgan fingerprint density at radius 2 is 2.04 bits per heavy atom. The van der Waals surface area contributed by atoms with E-state index in [9.17, 15) is 0 Å². The Morgan fingerprint density at radius 3 is 2.75 bits per heavy atom. The monoisotopic (exact) mass is 326 g/mol. The molecule has 128 valence electrons. The van der Waals surface area contributed by atoms with Crippen molar-refractivity contribution in [1.82, 2.24) is 10.5 Å². The highest BCUT2D eigenvalue weighted by Gasteiger charge is 2.33. The first-order valence-electron chi connectivity index (χ1n) is 9.09. The summed E-state index contributed by atoms with van der Waals surface area (Å²) in [4.78, 5) is 0. The van der Waals surface area contributed by atoms with Gasteiger partial charge in [-0.15, -0.1) is 0 Å². The van der Waals surface area contributed by atoms with Crippen LogP contribution in [0.1, 0.15) is 54.9 Å². The molecule has 1 aromatic carbocycles. The third-order valence-electron chi connectivity index (χ3n) is 5.42. The Morgan fingerprint density at radius 1 is 1.21 bits per heavy atom. The van der Waals surface area contributed by atoms with E-state index in [4.69, 9.17) is 9.26 Å². The minimum Gasteiger partial charge on any atom is -0.373 e. The van der Waals surface area contributed by atoms with Crippen molar-refractivity contribution in [3.8, 4) is 11.3 Å². The van der Waals surface area contributed by atoms with E-state index in [2.05, 4.69) is 41.7 Å². The Hall–Kier alpha value is -1.65. The maximum absolute atomic E-state index is 6.26. The first-order valence-corrected chi connectivity index (χ1v) is 9.09. The molecule has 0 unspecified atom stereocenters. The lowest BCUT2D eigenvalue weighted by Crippen LogP contribution is -2.22. The first-order chi connectivity index (χ1) is 11.8. The van der Waals surface area contributed by atoms with Crippen LogP contribution in [0, 0.1) is 6.92 Å². The second kappa shape index (κ2) is 6.69. The number of ether oxygens (including phenoxy) is 1. The molecule has 4 rings (SSSR count). The predicted octanol–water partition coefficient (Wildman–Crippen LogP) is 4.18. The van der Waals surface area contributed by atoms with Crippen LogP contribution in [-0.2, 0) is 11.3 Å². The van der Waals surface area contributed by atoms with E-state index in [-0.39, 0.29) is 0 Å². The van der Waals surface area contributed by atoms with Crippen LogP contribution in [0.4, 0.5) is 0 Å². The molecule has 0 bridgehead atoms. The van der Waals surface area contributed by atoms with E-state index in [1.165, 1.54) is 30.4 Å². The molecular weight excluding hydrogens is 300 g/mol. The summed E-state index contributed by atoms with van der Waals surface area (Å²) < 4.78 is 12.0. The molecule has 2 aliphatic rings. The van der Waals surface area contributed by atoms with Gasteiger partial charge in [0.25, 0.3) is 0 Å².